The lowest BCUT2D eigenvalue weighted by Gasteiger charge is -2.37. The van der Waals surface area contributed by atoms with Gasteiger partial charge in [0, 0.05) is 30.5 Å². The average molecular weight is 333 g/mol. The van der Waals surface area contributed by atoms with Crippen LogP contribution in [0.1, 0.15) is 39.0 Å². The third-order valence-electron chi connectivity index (χ3n) is 4.38. The van der Waals surface area contributed by atoms with Gasteiger partial charge in [0.05, 0.1) is 12.7 Å². The van der Waals surface area contributed by atoms with E-state index in [4.69, 9.17) is 4.74 Å². The van der Waals surface area contributed by atoms with Gasteiger partial charge in [0.15, 0.2) is 0 Å². The molecule has 112 valence electrons. The van der Waals surface area contributed by atoms with Gasteiger partial charge in [-0.1, -0.05) is 35.7 Å². The smallest absolute Gasteiger partial charge is 0.0829 e. The Bertz CT molecular complexity index is 263. The molecule has 0 aliphatic carbocycles. The average Bonchev–Trinajstić information content (AvgIpc) is 2.55. The first-order valence-corrected chi connectivity index (χ1v) is 8.75. The van der Waals surface area contributed by atoms with Crippen LogP contribution in [0.2, 0.25) is 0 Å². The van der Waals surface area contributed by atoms with Gasteiger partial charge in [-0.15, -0.1) is 0 Å². The summed E-state index contributed by atoms with van der Waals surface area (Å²) in [6, 6.07) is 0.743. The topological polar surface area (TPSA) is 15.7 Å². The van der Waals surface area contributed by atoms with Crippen molar-refractivity contribution in [1.82, 2.24) is 9.80 Å². The molecule has 2 saturated heterocycles. The molecular formula is C15H29BrN2O. The van der Waals surface area contributed by atoms with Crippen molar-refractivity contribution in [2.45, 2.75) is 56.0 Å². The molecule has 3 nitrogen and oxygen atoms in total. The molecule has 3 atom stereocenters. The van der Waals surface area contributed by atoms with Crippen molar-refractivity contribution >= 4 is 15.9 Å². The summed E-state index contributed by atoms with van der Waals surface area (Å²) in [4.78, 5) is 5.72. The van der Waals surface area contributed by atoms with Gasteiger partial charge in [0.25, 0.3) is 0 Å². The quantitative estimate of drug-likeness (QED) is 0.736. The van der Waals surface area contributed by atoms with Crippen LogP contribution in [0, 0.1) is 0 Å². The fourth-order valence-electron chi connectivity index (χ4n) is 3.36. The van der Waals surface area contributed by atoms with Gasteiger partial charge in [-0.3, -0.25) is 4.90 Å². The van der Waals surface area contributed by atoms with Gasteiger partial charge < -0.3 is 9.64 Å². The number of likely N-dealkylation sites (N-methyl/N-ethyl adjacent to an activating group) is 1. The lowest BCUT2D eigenvalue weighted by molar-refractivity contribution is -0.0414. The summed E-state index contributed by atoms with van der Waals surface area (Å²) in [5, 5.41) is 0. The molecule has 19 heavy (non-hydrogen) atoms. The second-order valence-corrected chi connectivity index (χ2v) is 7.83. The van der Waals surface area contributed by atoms with E-state index in [1.54, 1.807) is 0 Å². The summed E-state index contributed by atoms with van der Waals surface area (Å²) in [5.41, 5.74) is 0. The van der Waals surface area contributed by atoms with Crippen molar-refractivity contribution in [1.29, 1.82) is 0 Å². The first kappa shape index (κ1) is 15.7. The summed E-state index contributed by atoms with van der Waals surface area (Å²) in [5.74, 6) is 0. The second-order valence-electron chi connectivity index (χ2n) is 6.27. The molecule has 0 aromatic carbocycles. The maximum Gasteiger partial charge on any atom is 0.0829 e. The summed E-state index contributed by atoms with van der Waals surface area (Å²) in [6.45, 7) is 7.72. The number of ether oxygens (including phenoxy) is 1. The van der Waals surface area contributed by atoms with E-state index in [2.05, 4.69) is 39.7 Å². The Morgan fingerprint density at radius 3 is 2.84 bits per heavy atom. The van der Waals surface area contributed by atoms with Crippen molar-refractivity contribution in [2.75, 3.05) is 39.8 Å². The summed E-state index contributed by atoms with van der Waals surface area (Å²) >= 11 is 3.73. The van der Waals surface area contributed by atoms with Crippen LogP contribution >= 0.6 is 15.9 Å². The molecule has 0 N–H and O–H groups in total. The minimum Gasteiger partial charge on any atom is -0.374 e. The molecule has 0 saturated carbocycles. The van der Waals surface area contributed by atoms with Gasteiger partial charge in [-0.2, -0.15) is 0 Å². The summed E-state index contributed by atoms with van der Waals surface area (Å²) in [6.07, 6.45) is 7.18. The molecule has 2 rings (SSSR count). The first-order valence-electron chi connectivity index (χ1n) is 7.83. The van der Waals surface area contributed by atoms with Crippen LogP contribution in [0.15, 0.2) is 0 Å². The number of likely N-dealkylation sites (tertiary alicyclic amines) is 1. The first-order chi connectivity index (χ1) is 9.15. The Balaban J connectivity index is 1.89. The van der Waals surface area contributed by atoms with Crippen LogP contribution in [0.5, 0.6) is 0 Å². The molecule has 0 amide bonds. The van der Waals surface area contributed by atoms with E-state index >= 15 is 0 Å². The molecule has 4 heteroatoms. The van der Waals surface area contributed by atoms with E-state index in [0.29, 0.717) is 10.9 Å². The van der Waals surface area contributed by atoms with E-state index in [0.717, 1.165) is 32.3 Å². The Labute approximate surface area is 126 Å². The molecule has 0 bridgehead atoms. The van der Waals surface area contributed by atoms with E-state index < -0.39 is 0 Å². The van der Waals surface area contributed by atoms with Gasteiger partial charge in [-0.05, 0) is 32.9 Å². The van der Waals surface area contributed by atoms with Gasteiger partial charge in [0.1, 0.15) is 0 Å². The maximum atomic E-state index is 5.95. The molecule has 2 heterocycles. The number of hydrogen-bond donors (Lipinski definition) is 0. The number of hydrogen-bond acceptors (Lipinski definition) is 3. The van der Waals surface area contributed by atoms with Crippen LogP contribution in [-0.2, 0) is 4.74 Å². The number of halogens is 1. The van der Waals surface area contributed by atoms with Crippen molar-refractivity contribution in [3.63, 3.8) is 0 Å². The van der Waals surface area contributed by atoms with Crippen molar-refractivity contribution in [3.05, 3.63) is 0 Å². The highest BCUT2D eigenvalue weighted by Gasteiger charge is 2.26. The molecule has 0 aromatic rings. The number of rotatable bonds is 4. The fraction of sp³-hybridized carbons (Fsp3) is 1.00. The van der Waals surface area contributed by atoms with Crippen LogP contribution in [0.4, 0.5) is 0 Å². The molecule has 3 unspecified atom stereocenters. The van der Waals surface area contributed by atoms with E-state index in [1.165, 1.54) is 38.6 Å². The molecule has 2 aliphatic heterocycles. The van der Waals surface area contributed by atoms with E-state index in [-0.39, 0.29) is 0 Å². The minimum absolute atomic E-state index is 0.407. The minimum atomic E-state index is 0.407. The van der Waals surface area contributed by atoms with Crippen LogP contribution in [0.3, 0.4) is 0 Å². The lowest BCUT2D eigenvalue weighted by atomic mass is 10.0. The SMILES string of the molecule is CC(Br)CC1CCCCCN1CC1CN(C)CCO1. The molecular weight excluding hydrogens is 304 g/mol. The van der Waals surface area contributed by atoms with Crippen LogP contribution in [0.25, 0.3) is 0 Å². The van der Waals surface area contributed by atoms with E-state index in [1.807, 2.05) is 0 Å². The fourth-order valence-corrected chi connectivity index (χ4v) is 3.79. The Morgan fingerprint density at radius 1 is 1.26 bits per heavy atom. The van der Waals surface area contributed by atoms with Crippen LogP contribution < -0.4 is 0 Å². The highest BCUT2D eigenvalue weighted by molar-refractivity contribution is 9.09. The number of nitrogens with zero attached hydrogens (tertiary/aromatic N) is 2. The second kappa shape index (κ2) is 7.96. The zero-order chi connectivity index (χ0) is 13.7. The normalized spacial score (nSPS) is 33.0. The highest BCUT2D eigenvalue weighted by Crippen LogP contribution is 2.23. The van der Waals surface area contributed by atoms with E-state index in [9.17, 15) is 0 Å². The highest BCUT2D eigenvalue weighted by atomic mass is 79.9. The monoisotopic (exact) mass is 332 g/mol. The third-order valence-corrected chi connectivity index (χ3v) is 4.75. The predicted octanol–water partition coefficient (Wildman–Crippen LogP) is 2.74. The van der Waals surface area contributed by atoms with Gasteiger partial charge >= 0.3 is 0 Å². The Morgan fingerprint density at radius 2 is 2.11 bits per heavy atom. The molecule has 2 aliphatic rings. The Hall–Kier alpha value is 0.360. The Kier molecular flexibility index (Phi) is 6.60. The zero-order valence-electron chi connectivity index (χ0n) is 12.5. The number of morpholine rings is 1. The standard InChI is InChI=1S/C15H29BrN2O/c1-13(16)10-14-6-4-3-5-7-18(14)12-15-11-17(2)8-9-19-15/h13-15H,3-12H2,1-2H3. The molecule has 2 fully saturated rings. The number of alkyl halides is 1. The predicted molar refractivity (Wildman–Crippen MR) is 84.1 cm³/mol. The summed E-state index contributed by atoms with van der Waals surface area (Å²) in [7, 11) is 2.20. The molecule has 0 radical (unpaired) electrons. The largest absolute Gasteiger partial charge is 0.374 e. The zero-order valence-corrected chi connectivity index (χ0v) is 14.1. The van der Waals surface area contributed by atoms with Gasteiger partial charge in [0.2, 0.25) is 0 Å². The summed E-state index contributed by atoms with van der Waals surface area (Å²) < 4.78 is 5.95. The van der Waals surface area contributed by atoms with Gasteiger partial charge in [-0.25, -0.2) is 0 Å². The molecule has 0 spiro atoms. The maximum absolute atomic E-state index is 5.95. The van der Waals surface area contributed by atoms with Crippen molar-refractivity contribution in [3.8, 4) is 0 Å². The third kappa shape index (κ3) is 5.33. The van der Waals surface area contributed by atoms with Crippen molar-refractivity contribution in [2.24, 2.45) is 0 Å². The van der Waals surface area contributed by atoms with Crippen molar-refractivity contribution < 1.29 is 4.74 Å². The lowest BCUT2D eigenvalue weighted by Crippen LogP contribution is -2.48. The van der Waals surface area contributed by atoms with Crippen LogP contribution in [-0.4, -0.2) is 66.6 Å². The molecule has 0 aromatic heterocycles.